The molecule has 2 N–H and O–H groups in total. The van der Waals surface area contributed by atoms with Crippen LogP contribution in [0, 0.1) is 18.6 Å². The SMILES string of the molecule is Cc1ccc(F)c(C(N)c2ccc(Cl)cc2Cl)c1F. The summed E-state index contributed by atoms with van der Waals surface area (Å²) in [4.78, 5) is 0. The van der Waals surface area contributed by atoms with Crippen LogP contribution in [0.25, 0.3) is 0 Å². The number of benzene rings is 2. The van der Waals surface area contributed by atoms with E-state index >= 15 is 0 Å². The number of nitrogens with two attached hydrogens (primary N) is 1. The van der Waals surface area contributed by atoms with Crippen LogP contribution >= 0.6 is 23.2 Å². The molecule has 2 rings (SSSR count). The molecule has 1 nitrogen and oxygen atoms in total. The molecule has 0 aliphatic carbocycles. The molecular weight excluding hydrogens is 291 g/mol. The minimum absolute atomic E-state index is 0.191. The molecule has 0 aliphatic heterocycles. The first kappa shape index (κ1) is 14.3. The third-order valence-corrected chi connectivity index (χ3v) is 3.49. The number of hydrogen-bond donors (Lipinski definition) is 1. The van der Waals surface area contributed by atoms with E-state index in [-0.39, 0.29) is 10.6 Å². The number of hydrogen-bond acceptors (Lipinski definition) is 1. The molecule has 0 saturated carbocycles. The summed E-state index contributed by atoms with van der Waals surface area (Å²) in [5.74, 6) is -1.35. The van der Waals surface area contributed by atoms with Gasteiger partial charge in [-0.3, -0.25) is 0 Å². The van der Waals surface area contributed by atoms with Gasteiger partial charge in [0.2, 0.25) is 0 Å². The Labute approximate surface area is 119 Å². The van der Waals surface area contributed by atoms with Gasteiger partial charge in [-0.15, -0.1) is 0 Å². The normalized spacial score (nSPS) is 12.5. The maximum absolute atomic E-state index is 14.0. The second-order valence-corrected chi connectivity index (χ2v) is 5.08. The van der Waals surface area contributed by atoms with Gasteiger partial charge in [-0.1, -0.05) is 35.3 Å². The van der Waals surface area contributed by atoms with Crippen molar-refractivity contribution in [3.63, 3.8) is 0 Å². The van der Waals surface area contributed by atoms with E-state index < -0.39 is 17.7 Å². The lowest BCUT2D eigenvalue weighted by molar-refractivity contribution is 0.538. The highest BCUT2D eigenvalue weighted by molar-refractivity contribution is 6.35. The van der Waals surface area contributed by atoms with Crippen LogP contribution in [-0.2, 0) is 0 Å². The first-order chi connectivity index (χ1) is 8.91. The second-order valence-electron chi connectivity index (χ2n) is 4.24. The summed E-state index contributed by atoms with van der Waals surface area (Å²) < 4.78 is 27.8. The molecule has 0 amide bonds. The predicted molar refractivity (Wildman–Crippen MR) is 73.6 cm³/mol. The van der Waals surface area contributed by atoms with E-state index in [0.717, 1.165) is 0 Å². The Balaban J connectivity index is 2.56. The highest BCUT2D eigenvalue weighted by Crippen LogP contribution is 2.32. The lowest BCUT2D eigenvalue weighted by Gasteiger charge is -2.17. The summed E-state index contributed by atoms with van der Waals surface area (Å²) in [6.07, 6.45) is 0. The van der Waals surface area contributed by atoms with Crippen molar-refractivity contribution >= 4 is 23.2 Å². The molecule has 19 heavy (non-hydrogen) atoms. The van der Waals surface area contributed by atoms with Crippen molar-refractivity contribution in [2.75, 3.05) is 0 Å². The molecular formula is C14H11Cl2F2N. The minimum atomic E-state index is -0.982. The van der Waals surface area contributed by atoms with Gasteiger partial charge in [-0.2, -0.15) is 0 Å². The Morgan fingerprint density at radius 2 is 1.79 bits per heavy atom. The van der Waals surface area contributed by atoms with Crippen molar-refractivity contribution in [3.8, 4) is 0 Å². The Morgan fingerprint density at radius 1 is 1.11 bits per heavy atom. The van der Waals surface area contributed by atoms with Crippen LogP contribution in [0.15, 0.2) is 30.3 Å². The maximum atomic E-state index is 14.0. The lowest BCUT2D eigenvalue weighted by atomic mass is 9.97. The standard InChI is InChI=1S/C14H11Cl2F2N/c1-7-2-5-11(17)12(13(7)18)14(19)9-4-3-8(15)6-10(9)16/h2-6,14H,19H2,1H3. The molecule has 5 heteroatoms. The lowest BCUT2D eigenvalue weighted by Crippen LogP contribution is -2.16. The Morgan fingerprint density at radius 3 is 2.42 bits per heavy atom. The van der Waals surface area contributed by atoms with Gasteiger partial charge in [0, 0.05) is 15.6 Å². The summed E-state index contributed by atoms with van der Waals surface area (Å²) in [6.45, 7) is 1.55. The average Bonchev–Trinajstić information content (AvgIpc) is 2.34. The van der Waals surface area contributed by atoms with Crippen LogP contribution in [0.4, 0.5) is 8.78 Å². The van der Waals surface area contributed by atoms with Gasteiger partial charge in [-0.25, -0.2) is 8.78 Å². The molecule has 0 spiro atoms. The van der Waals surface area contributed by atoms with Crippen molar-refractivity contribution in [2.45, 2.75) is 13.0 Å². The molecule has 0 aliphatic rings. The molecule has 0 fully saturated rings. The molecule has 0 heterocycles. The van der Waals surface area contributed by atoms with Crippen LogP contribution in [0.3, 0.4) is 0 Å². The van der Waals surface area contributed by atoms with Crippen LogP contribution in [-0.4, -0.2) is 0 Å². The second kappa shape index (κ2) is 5.45. The van der Waals surface area contributed by atoms with E-state index in [0.29, 0.717) is 16.1 Å². The smallest absolute Gasteiger partial charge is 0.134 e. The molecule has 1 atom stereocenters. The first-order valence-electron chi connectivity index (χ1n) is 5.57. The predicted octanol–water partition coefficient (Wildman–Crippen LogP) is 4.63. The number of halogens is 4. The fraction of sp³-hybridized carbons (Fsp3) is 0.143. The van der Waals surface area contributed by atoms with E-state index in [9.17, 15) is 8.78 Å². The van der Waals surface area contributed by atoms with E-state index in [2.05, 4.69) is 0 Å². The van der Waals surface area contributed by atoms with E-state index in [1.54, 1.807) is 19.1 Å². The highest BCUT2D eigenvalue weighted by atomic mass is 35.5. The quantitative estimate of drug-likeness (QED) is 0.860. The first-order valence-corrected chi connectivity index (χ1v) is 6.32. The molecule has 100 valence electrons. The Kier molecular flexibility index (Phi) is 4.09. The maximum Gasteiger partial charge on any atom is 0.134 e. The monoisotopic (exact) mass is 301 g/mol. The zero-order valence-electron chi connectivity index (χ0n) is 10.1. The fourth-order valence-corrected chi connectivity index (χ4v) is 2.40. The van der Waals surface area contributed by atoms with E-state index in [1.165, 1.54) is 18.2 Å². The van der Waals surface area contributed by atoms with Crippen LogP contribution in [0.2, 0.25) is 10.0 Å². The topological polar surface area (TPSA) is 26.0 Å². The minimum Gasteiger partial charge on any atom is -0.320 e. The summed E-state index contributed by atoms with van der Waals surface area (Å²) in [5, 5.41) is 0.714. The summed E-state index contributed by atoms with van der Waals surface area (Å²) >= 11 is 11.8. The molecule has 0 radical (unpaired) electrons. The Bertz CT molecular complexity index is 629. The van der Waals surface area contributed by atoms with Crippen LogP contribution in [0.5, 0.6) is 0 Å². The zero-order chi connectivity index (χ0) is 14.2. The molecule has 1 unspecified atom stereocenters. The van der Waals surface area contributed by atoms with Gasteiger partial charge in [0.15, 0.2) is 0 Å². The third kappa shape index (κ3) is 2.73. The van der Waals surface area contributed by atoms with Crippen molar-refractivity contribution in [2.24, 2.45) is 5.73 Å². The van der Waals surface area contributed by atoms with Crippen LogP contribution < -0.4 is 5.73 Å². The summed E-state index contributed by atoms with van der Waals surface area (Å²) in [7, 11) is 0. The molecule has 0 saturated heterocycles. The van der Waals surface area contributed by atoms with Gasteiger partial charge < -0.3 is 5.73 Å². The molecule has 2 aromatic carbocycles. The van der Waals surface area contributed by atoms with Gasteiger partial charge in [0.25, 0.3) is 0 Å². The van der Waals surface area contributed by atoms with Crippen molar-refractivity contribution in [3.05, 3.63) is 68.7 Å². The number of aryl methyl sites for hydroxylation is 1. The van der Waals surface area contributed by atoms with Gasteiger partial charge in [0.05, 0.1) is 6.04 Å². The van der Waals surface area contributed by atoms with E-state index in [1.807, 2.05) is 0 Å². The molecule has 0 bridgehead atoms. The summed E-state index contributed by atoms with van der Waals surface area (Å²) in [5.41, 5.74) is 6.50. The van der Waals surface area contributed by atoms with Crippen molar-refractivity contribution in [1.29, 1.82) is 0 Å². The van der Waals surface area contributed by atoms with Gasteiger partial charge in [-0.05, 0) is 36.2 Å². The van der Waals surface area contributed by atoms with Crippen LogP contribution in [0.1, 0.15) is 22.7 Å². The van der Waals surface area contributed by atoms with Gasteiger partial charge in [0.1, 0.15) is 11.6 Å². The van der Waals surface area contributed by atoms with Gasteiger partial charge >= 0.3 is 0 Å². The fourth-order valence-electron chi connectivity index (χ4n) is 1.87. The Hall–Kier alpha value is -1.16. The molecule has 2 aromatic rings. The summed E-state index contributed by atoms with van der Waals surface area (Å²) in [6, 6.07) is 6.21. The van der Waals surface area contributed by atoms with Crippen molar-refractivity contribution < 1.29 is 8.78 Å². The largest absolute Gasteiger partial charge is 0.320 e. The zero-order valence-corrected chi connectivity index (χ0v) is 11.6. The average molecular weight is 302 g/mol. The highest BCUT2D eigenvalue weighted by Gasteiger charge is 2.21. The number of rotatable bonds is 2. The third-order valence-electron chi connectivity index (χ3n) is 2.93. The molecule has 0 aromatic heterocycles. The van der Waals surface area contributed by atoms with E-state index in [4.69, 9.17) is 28.9 Å². The van der Waals surface area contributed by atoms with Crippen molar-refractivity contribution in [1.82, 2.24) is 0 Å².